The molecule has 2 aromatic carbocycles. The number of anilines is 2. The maximum atomic E-state index is 12.7. The molecule has 0 radical (unpaired) electrons. The average Bonchev–Trinajstić information content (AvgIpc) is 3.44. The summed E-state index contributed by atoms with van der Waals surface area (Å²) < 4.78 is 10.3. The van der Waals surface area contributed by atoms with Crippen molar-refractivity contribution in [3.8, 4) is 11.5 Å². The van der Waals surface area contributed by atoms with E-state index in [1.165, 1.54) is 0 Å². The van der Waals surface area contributed by atoms with E-state index in [4.69, 9.17) is 9.47 Å². The summed E-state index contributed by atoms with van der Waals surface area (Å²) in [6, 6.07) is 15.0. The van der Waals surface area contributed by atoms with Crippen molar-refractivity contribution in [2.45, 2.75) is 19.3 Å². The molecule has 2 heterocycles. The minimum atomic E-state index is -0.467. The van der Waals surface area contributed by atoms with Crippen LogP contribution < -0.4 is 19.7 Å². The molecule has 1 atom stereocenters. The third kappa shape index (κ3) is 4.88. The Hall–Kier alpha value is -3.88. The normalized spacial score (nSPS) is 15.6. The number of aromatic amines is 1. The lowest BCUT2D eigenvalue weighted by Gasteiger charge is -2.16. The van der Waals surface area contributed by atoms with Crippen molar-refractivity contribution in [3.63, 3.8) is 0 Å². The van der Waals surface area contributed by atoms with Gasteiger partial charge in [-0.25, -0.2) is 0 Å². The molecule has 9 heteroatoms. The van der Waals surface area contributed by atoms with Crippen molar-refractivity contribution in [2.24, 2.45) is 5.92 Å². The number of amides is 2. The van der Waals surface area contributed by atoms with Gasteiger partial charge in [0.2, 0.25) is 17.8 Å². The van der Waals surface area contributed by atoms with Crippen molar-refractivity contribution >= 4 is 23.5 Å². The molecule has 2 N–H and O–H groups in total. The maximum absolute atomic E-state index is 12.7. The van der Waals surface area contributed by atoms with Crippen LogP contribution in [-0.2, 0) is 22.4 Å². The van der Waals surface area contributed by atoms with Gasteiger partial charge in [-0.1, -0.05) is 12.1 Å². The van der Waals surface area contributed by atoms with E-state index in [0.717, 1.165) is 23.4 Å². The van der Waals surface area contributed by atoms with Gasteiger partial charge in [0, 0.05) is 25.1 Å². The van der Waals surface area contributed by atoms with Crippen LogP contribution in [0.5, 0.6) is 11.5 Å². The van der Waals surface area contributed by atoms with Gasteiger partial charge in [-0.05, 0) is 48.4 Å². The number of hydrogen-bond donors (Lipinski definition) is 2. The molecule has 0 spiro atoms. The maximum Gasteiger partial charge on any atom is 0.248 e. The van der Waals surface area contributed by atoms with Gasteiger partial charge in [-0.15, -0.1) is 5.10 Å². The van der Waals surface area contributed by atoms with Crippen LogP contribution in [0, 0.1) is 5.92 Å². The summed E-state index contributed by atoms with van der Waals surface area (Å²) in [5.74, 6) is 1.59. The summed E-state index contributed by atoms with van der Waals surface area (Å²) in [4.78, 5) is 31.1. The van der Waals surface area contributed by atoms with E-state index in [0.29, 0.717) is 24.5 Å². The topological polar surface area (TPSA) is 109 Å². The monoisotopic (exact) mass is 435 g/mol. The van der Waals surface area contributed by atoms with Gasteiger partial charge in [-0.3, -0.25) is 20.0 Å². The fraction of sp³-hybridized carbons (Fsp3) is 0.304. The Morgan fingerprint density at radius 1 is 1.06 bits per heavy atom. The van der Waals surface area contributed by atoms with E-state index in [1.807, 2.05) is 24.3 Å². The van der Waals surface area contributed by atoms with Crippen LogP contribution in [0.4, 0.5) is 11.6 Å². The van der Waals surface area contributed by atoms with Crippen LogP contribution in [0.1, 0.15) is 17.8 Å². The number of nitrogens with zero attached hydrogens (tertiary/aromatic N) is 3. The predicted molar refractivity (Wildman–Crippen MR) is 119 cm³/mol. The Bertz CT molecular complexity index is 1080. The second-order valence-electron chi connectivity index (χ2n) is 7.55. The number of hydrogen-bond acceptors (Lipinski definition) is 6. The quantitative estimate of drug-likeness (QED) is 0.563. The summed E-state index contributed by atoms with van der Waals surface area (Å²) >= 11 is 0. The van der Waals surface area contributed by atoms with Gasteiger partial charge in [-0.2, -0.15) is 4.98 Å². The van der Waals surface area contributed by atoms with Crippen LogP contribution in [-0.4, -0.2) is 47.8 Å². The Morgan fingerprint density at radius 2 is 1.72 bits per heavy atom. The van der Waals surface area contributed by atoms with Crippen molar-refractivity contribution in [2.75, 3.05) is 31.0 Å². The zero-order valence-electron chi connectivity index (χ0n) is 18.0. The van der Waals surface area contributed by atoms with Gasteiger partial charge < -0.3 is 14.4 Å². The molecule has 1 aliphatic rings. The first-order chi connectivity index (χ1) is 15.6. The van der Waals surface area contributed by atoms with E-state index in [1.54, 1.807) is 43.4 Å². The third-order valence-electron chi connectivity index (χ3n) is 5.46. The molecule has 0 aliphatic carbocycles. The number of rotatable bonds is 8. The SMILES string of the molecule is COc1ccc(CCc2nc(NC(=O)[C@@H]3CC(=O)N(c4ccc(OC)cc4)C3)n[nH]2)cc1. The summed E-state index contributed by atoms with van der Waals surface area (Å²) in [5, 5.41) is 9.66. The molecule has 0 unspecified atom stereocenters. The minimum Gasteiger partial charge on any atom is -0.497 e. The summed E-state index contributed by atoms with van der Waals surface area (Å²) in [6.07, 6.45) is 1.58. The number of aryl methyl sites for hydroxylation is 2. The van der Waals surface area contributed by atoms with Crippen molar-refractivity contribution in [1.82, 2.24) is 15.2 Å². The third-order valence-corrected chi connectivity index (χ3v) is 5.46. The number of H-pyrrole nitrogens is 1. The molecule has 1 aliphatic heterocycles. The number of carbonyl (C=O) groups excluding carboxylic acids is 2. The molecule has 4 rings (SSSR count). The van der Waals surface area contributed by atoms with Crippen molar-refractivity contribution in [1.29, 1.82) is 0 Å². The molecule has 1 aromatic heterocycles. The zero-order valence-corrected chi connectivity index (χ0v) is 18.0. The van der Waals surface area contributed by atoms with Gasteiger partial charge >= 0.3 is 0 Å². The van der Waals surface area contributed by atoms with Crippen LogP contribution in [0.3, 0.4) is 0 Å². The molecular formula is C23H25N5O4. The predicted octanol–water partition coefficient (Wildman–Crippen LogP) is 2.60. The number of ether oxygens (including phenoxy) is 2. The minimum absolute atomic E-state index is 0.0921. The number of aromatic nitrogens is 3. The summed E-state index contributed by atoms with van der Waals surface area (Å²) in [6.45, 7) is 0.311. The van der Waals surface area contributed by atoms with E-state index in [-0.39, 0.29) is 24.2 Å². The lowest BCUT2D eigenvalue weighted by atomic mass is 10.1. The molecule has 9 nitrogen and oxygen atoms in total. The lowest BCUT2D eigenvalue weighted by molar-refractivity contribution is -0.122. The molecule has 1 saturated heterocycles. The number of carbonyl (C=O) groups is 2. The molecular weight excluding hydrogens is 410 g/mol. The number of benzene rings is 2. The zero-order chi connectivity index (χ0) is 22.5. The van der Waals surface area contributed by atoms with Crippen LogP contribution >= 0.6 is 0 Å². The second-order valence-corrected chi connectivity index (χ2v) is 7.55. The summed E-state index contributed by atoms with van der Waals surface area (Å²) in [7, 11) is 3.22. The van der Waals surface area contributed by atoms with Crippen molar-refractivity contribution in [3.05, 3.63) is 59.9 Å². The average molecular weight is 435 g/mol. The smallest absolute Gasteiger partial charge is 0.248 e. The van der Waals surface area contributed by atoms with Gasteiger partial charge in [0.05, 0.1) is 20.1 Å². The molecule has 0 saturated carbocycles. The summed E-state index contributed by atoms with van der Waals surface area (Å²) in [5.41, 5.74) is 1.89. The van der Waals surface area contributed by atoms with Crippen LogP contribution in [0.15, 0.2) is 48.5 Å². The van der Waals surface area contributed by atoms with Gasteiger partial charge in [0.1, 0.15) is 17.3 Å². The molecule has 32 heavy (non-hydrogen) atoms. The second kappa shape index (κ2) is 9.51. The van der Waals surface area contributed by atoms with Gasteiger partial charge in [0.15, 0.2) is 0 Å². The number of nitrogens with one attached hydrogen (secondary N) is 2. The van der Waals surface area contributed by atoms with Gasteiger partial charge in [0.25, 0.3) is 0 Å². The highest BCUT2D eigenvalue weighted by Crippen LogP contribution is 2.27. The molecule has 1 fully saturated rings. The lowest BCUT2D eigenvalue weighted by Crippen LogP contribution is -2.28. The highest BCUT2D eigenvalue weighted by molar-refractivity contribution is 6.03. The van der Waals surface area contributed by atoms with Crippen LogP contribution in [0.2, 0.25) is 0 Å². The van der Waals surface area contributed by atoms with E-state index in [9.17, 15) is 9.59 Å². The molecule has 0 bridgehead atoms. The first-order valence-electron chi connectivity index (χ1n) is 10.3. The van der Waals surface area contributed by atoms with Crippen molar-refractivity contribution < 1.29 is 19.1 Å². The highest BCUT2D eigenvalue weighted by atomic mass is 16.5. The Balaban J connectivity index is 1.31. The fourth-order valence-corrected chi connectivity index (χ4v) is 3.63. The standard InChI is InChI=1S/C23H25N5O4/c1-31-18-8-3-15(4-9-18)5-12-20-24-23(27-26-20)25-22(30)16-13-21(29)28(14-16)17-6-10-19(32-2)11-7-17/h3-4,6-11,16H,5,12-14H2,1-2H3,(H2,24,25,26,27,30)/t16-/m1/s1. The Morgan fingerprint density at radius 3 is 2.38 bits per heavy atom. The largest absolute Gasteiger partial charge is 0.497 e. The first-order valence-corrected chi connectivity index (χ1v) is 10.3. The molecule has 2 amide bonds. The number of methoxy groups -OCH3 is 2. The van der Waals surface area contributed by atoms with E-state index in [2.05, 4.69) is 20.5 Å². The van der Waals surface area contributed by atoms with E-state index < -0.39 is 5.92 Å². The first kappa shape index (κ1) is 21.4. The molecule has 3 aromatic rings. The van der Waals surface area contributed by atoms with E-state index >= 15 is 0 Å². The fourth-order valence-electron chi connectivity index (χ4n) is 3.63. The highest BCUT2D eigenvalue weighted by Gasteiger charge is 2.35. The Labute approximate surface area is 185 Å². The Kier molecular flexibility index (Phi) is 6.34. The van der Waals surface area contributed by atoms with Crippen LogP contribution in [0.25, 0.3) is 0 Å². The molecule has 166 valence electrons.